The van der Waals surface area contributed by atoms with Crippen LogP contribution in [0.1, 0.15) is 101 Å². The van der Waals surface area contributed by atoms with E-state index in [0.717, 1.165) is 38.5 Å². The lowest BCUT2D eigenvalue weighted by molar-refractivity contribution is -0.613. The van der Waals surface area contributed by atoms with Crippen LogP contribution in [0.15, 0.2) is 91.0 Å². The molecule has 2 aromatic heterocycles. The van der Waals surface area contributed by atoms with E-state index < -0.39 is 0 Å². The van der Waals surface area contributed by atoms with Gasteiger partial charge >= 0.3 is 0 Å². The van der Waals surface area contributed by atoms with E-state index >= 15 is 0 Å². The molecule has 2 nitrogen and oxygen atoms in total. The zero-order valence-electron chi connectivity index (χ0n) is 34.3. The summed E-state index contributed by atoms with van der Waals surface area (Å²) in [7, 11) is 0. The molecule has 0 radical (unpaired) electrons. The molecular formula is C51H60N2+2. The summed E-state index contributed by atoms with van der Waals surface area (Å²) < 4.78 is 5.06. The van der Waals surface area contributed by atoms with Gasteiger partial charge in [0.25, 0.3) is 0 Å². The molecule has 0 saturated heterocycles. The topological polar surface area (TPSA) is 7.76 Å². The summed E-state index contributed by atoms with van der Waals surface area (Å²) in [5.74, 6) is 0. The minimum atomic E-state index is 0.993. The van der Waals surface area contributed by atoms with Crippen molar-refractivity contribution < 1.29 is 9.13 Å². The molecule has 0 atom stereocenters. The van der Waals surface area contributed by atoms with Crippen LogP contribution >= 0.6 is 0 Å². The van der Waals surface area contributed by atoms with E-state index in [9.17, 15) is 0 Å². The summed E-state index contributed by atoms with van der Waals surface area (Å²) in [5.41, 5.74) is 25.7. The molecule has 6 rings (SSSR count). The molecule has 0 saturated carbocycles. The van der Waals surface area contributed by atoms with Gasteiger partial charge in [-0.15, -0.1) is 0 Å². The highest BCUT2D eigenvalue weighted by atomic mass is 15.0. The Morgan fingerprint density at radius 1 is 0.434 bits per heavy atom. The maximum absolute atomic E-state index is 2.56. The fourth-order valence-corrected chi connectivity index (χ4v) is 8.60. The number of aromatic nitrogens is 2. The van der Waals surface area contributed by atoms with Gasteiger partial charge in [0.05, 0.1) is 0 Å². The molecule has 0 bridgehead atoms. The Hall–Kier alpha value is -4.82. The first kappa shape index (κ1) is 37.9. The Balaban J connectivity index is 1.25. The van der Waals surface area contributed by atoms with Gasteiger partial charge in [0.2, 0.25) is 11.4 Å². The normalized spacial score (nSPS) is 11.4. The van der Waals surface area contributed by atoms with Crippen molar-refractivity contribution in [1.29, 1.82) is 0 Å². The first-order chi connectivity index (χ1) is 25.5. The smallest absolute Gasteiger partial charge is 0.161 e. The zero-order chi connectivity index (χ0) is 38.0. The number of rotatable bonds is 11. The number of nitrogens with zero attached hydrogens (tertiary/aromatic N) is 2. The van der Waals surface area contributed by atoms with Crippen molar-refractivity contribution in [3.05, 3.63) is 164 Å². The summed E-state index contributed by atoms with van der Waals surface area (Å²) in [5, 5.41) is 0. The van der Waals surface area contributed by atoms with Crippen molar-refractivity contribution in [2.24, 2.45) is 0 Å². The molecule has 0 unspecified atom stereocenters. The molecule has 0 aliphatic heterocycles. The van der Waals surface area contributed by atoms with Crippen molar-refractivity contribution in [3.8, 4) is 33.6 Å². The highest BCUT2D eigenvalue weighted by molar-refractivity contribution is 5.72. The number of benzene rings is 4. The lowest BCUT2D eigenvalue weighted by Gasteiger charge is -2.18. The second-order valence-electron chi connectivity index (χ2n) is 15.2. The largest absolute Gasteiger partial charge is 0.217 e. The van der Waals surface area contributed by atoms with Crippen LogP contribution in [0.25, 0.3) is 33.6 Å². The van der Waals surface area contributed by atoms with Gasteiger partial charge in [0.15, 0.2) is 22.8 Å². The van der Waals surface area contributed by atoms with Gasteiger partial charge in [-0.1, -0.05) is 100.0 Å². The molecule has 272 valence electrons. The Kier molecular flexibility index (Phi) is 11.5. The Bertz CT molecular complexity index is 2170. The maximum Gasteiger partial charge on any atom is 0.217 e. The van der Waals surface area contributed by atoms with E-state index in [1.165, 1.54) is 106 Å². The Labute approximate surface area is 320 Å². The summed E-state index contributed by atoms with van der Waals surface area (Å²) in [4.78, 5) is 0. The van der Waals surface area contributed by atoms with E-state index in [-0.39, 0.29) is 0 Å². The summed E-state index contributed by atoms with van der Waals surface area (Å²) in [6, 6.07) is 34.8. The molecule has 2 heterocycles. The number of aryl methyl sites for hydroxylation is 9. The molecule has 0 amide bonds. The average Bonchev–Trinajstić information content (AvgIpc) is 3.17. The van der Waals surface area contributed by atoms with Gasteiger partial charge in [0, 0.05) is 72.2 Å². The van der Waals surface area contributed by atoms with Crippen molar-refractivity contribution in [2.45, 2.75) is 115 Å². The number of pyridine rings is 2. The molecule has 53 heavy (non-hydrogen) atoms. The van der Waals surface area contributed by atoms with Gasteiger partial charge in [0.1, 0.15) is 0 Å². The molecular weight excluding hydrogens is 641 g/mol. The van der Waals surface area contributed by atoms with Crippen LogP contribution in [0.3, 0.4) is 0 Å². The molecule has 4 aromatic carbocycles. The molecule has 0 aliphatic rings. The van der Waals surface area contributed by atoms with E-state index in [1.54, 1.807) is 0 Å². The van der Waals surface area contributed by atoms with Crippen LogP contribution in [-0.4, -0.2) is 0 Å². The third kappa shape index (κ3) is 7.39. The standard InChI is InChI=1S/C51H60N2/c1-12-42-17-16-18-43(13-2)51(42)53-47(14-3)31-46(32-48(53)15-4)44-27-23-40(24-28-44)21-22-41-29-34(6)50(35(7)30-41)52-38(10)36(8)49(37(9)39(52)11)45-25-19-33(5)20-26-45/h16-20,23-32H,12-15,21-22H2,1-11H3/q+2. The monoisotopic (exact) mass is 700 g/mol. The second kappa shape index (κ2) is 16.0. The quantitative estimate of drug-likeness (QED) is 0.119. The highest BCUT2D eigenvalue weighted by Gasteiger charge is 2.28. The Morgan fingerprint density at radius 2 is 0.925 bits per heavy atom. The van der Waals surface area contributed by atoms with Gasteiger partial charge in [-0.25, -0.2) is 0 Å². The number of hydrogen-bond acceptors (Lipinski definition) is 0. The van der Waals surface area contributed by atoms with Crippen LogP contribution in [0, 0.1) is 48.5 Å². The van der Waals surface area contributed by atoms with Gasteiger partial charge < -0.3 is 0 Å². The Morgan fingerprint density at radius 3 is 1.42 bits per heavy atom. The van der Waals surface area contributed by atoms with E-state index in [4.69, 9.17) is 0 Å². The minimum Gasteiger partial charge on any atom is -0.161 e. The van der Waals surface area contributed by atoms with Gasteiger partial charge in [-0.05, 0) is 106 Å². The van der Waals surface area contributed by atoms with Crippen molar-refractivity contribution in [1.82, 2.24) is 0 Å². The average molecular weight is 701 g/mol. The fourth-order valence-electron chi connectivity index (χ4n) is 8.60. The van der Waals surface area contributed by atoms with Crippen molar-refractivity contribution in [3.63, 3.8) is 0 Å². The van der Waals surface area contributed by atoms with Crippen LogP contribution in [-0.2, 0) is 38.5 Å². The molecule has 0 N–H and O–H groups in total. The summed E-state index contributed by atoms with van der Waals surface area (Å²) >= 11 is 0. The highest BCUT2D eigenvalue weighted by Crippen LogP contribution is 2.32. The van der Waals surface area contributed by atoms with E-state index in [2.05, 4.69) is 176 Å². The third-order valence-electron chi connectivity index (χ3n) is 11.7. The fraction of sp³-hybridized carbons (Fsp3) is 0.333. The lowest BCUT2D eigenvalue weighted by atomic mass is 9.92. The third-order valence-corrected chi connectivity index (χ3v) is 11.7. The molecule has 0 spiro atoms. The van der Waals surface area contributed by atoms with Crippen molar-refractivity contribution in [2.75, 3.05) is 0 Å². The zero-order valence-corrected chi connectivity index (χ0v) is 34.3. The predicted octanol–water partition coefficient (Wildman–Crippen LogP) is 11.8. The summed E-state index contributed by atoms with van der Waals surface area (Å²) in [6.07, 6.45) is 6.11. The second-order valence-corrected chi connectivity index (χ2v) is 15.2. The minimum absolute atomic E-state index is 0.993. The SMILES string of the molecule is CCc1cccc(CC)c1-[n+]1c(CC)cc(-c2ccc(CCc3cc(C)c(-[n+]4c(C)c(C)c(-c5ccc(C)cc5)c(C)c4C)c(C)c3)cc2)cc1CC. The maximum atomic E-state index is 2.56. The molecule has 2 heteroatoms. The van der Waals surface area contributed by atoms with E-state index in [1.807, 2.05) is 0 Å². The van der Waals surface area contributed by atoms with E-state index in [0.29, 0.717) is 0 Å². The molecule has 0 fully saturated rings. The van der Waals surface area contributed by atoms with Crippen LogP contribution in [0.2, 0.25) is 0 Å². The van der Waals surface area contributed by atoms with Crippen LogP contribution in [0.5, 0.6) is 0 Å². The van der Waals surface area contributed by atoms with Gasteiger partial charge in [-0.3, -0.25) is 0 Å². The predicted molar refractivity (Wildman–Crippen MR) is 225 cm³/mol. The van der Waals surface area contributed by atoms with Crippen LogP contribution in [0.4, 0.5) is 0 Å². The van der Waals surface area contributed by atoms with Crippen molar-refractivity contribution >= 4 is 0 Å². The first-order valence-electron chi connectivity index (χ1n) is 20.0. The number of hydrogen-bond donors (Lipinski definition) is 0. The van der Waals surface area contributed by atoms with Gasteiger partial charge in [-0.2, -0.15) is 9.13 Å². The van der Waals surface area contributed by atoms with Crippen LogP contribution < -0.4 is 9.13 Å². The number of para-hydroxylation sites is 1. The lowest BCUT2D eigenvalue weighted by Crippen LogP contribution is -2.42. The first-order valence-corrected chi connectivity index (χ1v) is 20.0. The molecule has 6 aromatic rings. The summed E-state index contributed by atoms with van der Waals surface area (Å²) in [6.45, 7) is 25.0. The molecule has 0 aliphatic carbocycles.